The Morgan fingerprint density at radius 1 is 0.946 bits per heavy atom. The Kier molecular flexibility index (Phi) is 20.7. The predicted octanol–water partition coefficient (Wildman–Crippen LogP) is 5.56. The monoisotopic (exact) mass is 792 g/mol. The Bertz CT molecular complexity index is 1230. The molecule has 2 fully saturated rings. The van der Waals surface area contributed by atoms with Crippen molar-refractivity contribution >= 4 is 11.8 Å². The molecule has 0 radical (unpaired) electrons. The van der Waals surface area contributed by atoms with Crippen LogP contribution in [0.1, 0.15) is 107 Å². The Labute approximate surface area is 340 Å². The van der Waals surface area contributed by atoms with Gasteiger partial charge in [0.1, 0.15) is 12.2 Å². The lowest BCUT2D eigenvalue weighted by Crippen LogP contribution is -2.48. The number of cyclic esters (lactones) is 1. The molecule has 0 amide bonds. The number of esters is 1. The van der Waals surface area contributed by atoms with Crippen LogP contribution in [0.3, 0.4) is 0 Å². The molecular weight excluding hydrogens is 711 g/mol. The predicted molar refractivity (Wildman–Crippen MR) is 223 cm³/mol. The maximum absolute atomic E-state index is 13.9. The second kappa shape index (κ2) is 23.8. The number of rotatable bonds is 14. The fourth-order valence-corrected chi connectivity index (χ4v) is 9.08. The van der Waals surface area contributed by atoms with E-state index in [0.29, 0.717) is 43.6 Å². The lowest BCUT2D eigenvalue weighted by atomic mass is 9.79. The van der Waals surface area contributed by atoms with Crippen molar-refractivity contribution < 1.29 is 39.1 Å². The molecule has 0 saturated carbocycles. The third-order valence-corrected chi connectivity index (χ3v) is 12.5. The average molecular weight is 792 g/mol. The summed E-state index contributed by atoms with van der Waals surface area (Å²) in [6.45, 7) is 24.0. The summed E-state index contributed by atoms with van der Waals surface area (Å²) in [7, 11) is 3.74. The SMILES string of the molecule is CCC1OC(=O)CC(O)C(C)C(OC(OC(C)C(O)CN(C)C)C(C)O)C(CCN2CCC(C)CC2)CC(C)C(=O)/C=C/C(C)=C/C1CN1CC(C)CC(C)C1. The zero-order valence-corrected chi connectivity index (χ0v) is 36.9. The molecule has 0 aromatic heterocycles. The number of carbonyl (C=O) groups excluding carboxylic acids is 2. The molecule has 0 aromatic carbocycles. The highest BCUT2D eigenvalue weighted by Crippen LogP contribution is 2.34. The Balaban J connectivity index is 2.01. The summed E-state index contributed by atoms with van der Waals surface area (Å²) in [5, 5.41) is 33.8. The van der Waals surface area contributed by atoms with E-state index in [4.69, 9.17) is 14.2 Å². The lowest BCUT2D eigenvalue weighted by molar-refractivity contribution is -0.261. The zero-order valence-electron chi connectivity index (χ0n) is 36.9. The van der Waals surface area contributed by atoms with Gasteiger partial charge in [0.2, 0.25) is 0 Å². The summed E-state index contributed by atoms with van der Waals surface area (Å²) in [5.41, 5.74) is 0.948. The second-order valence-electron chi connectivity index (χ2n) is 18.6. The number of hydrogen-bond donors (Lipinski definition) is 3. The highest BCUT2D eigenvalue weighted by molar-refractivity contribution is 5.91. The van der Waals surface area contributed by atoms with Crippen molar-refractivity contribution in [2.45, 2.75) is 150 Å². The van der Waals surface area contributed by atoms with Gasteiger partial charge in [-0.15, -0.1) is 0 Å². The van der Waals surface area contributed by atoms with Crippen LogP contribution in [0.15, 0.2) is 23.8 Å². The first-order valence-corrected chi connectivity index (χ1v) is 21.9. The highest BCUT2D eigenvalue weighted by atomic mass is 16.7. The molecule has 0 aromatic rings. The van der Waals surface area contributed by atoms with Crippen LogP contribution in [0.25, 0.3) is 0 Å². The quantitative estimate of drug-likeness (QED) is 0.151. The molecule has 0 bridgehead atoms. The summed E-state index contributed by atoms with van der Waals surface area (Å²) in [5.74, 6) is 0.180. The summed E-state index contributed by atoms with van der Waals surface area (Å²) in [6, 6.07) is 0. The molecule has 13 atom stereocenters. The van der Waals surface area contributed by atoms with E-state index in [-0.39, 0.29) is 30.0 Å². The van der Waals surface area contributed by atoms with Crippen molar-refractivity contribution in [2.75, 3.05) is 59.9 Å². The van der Waals surface area contributed by atoms with Gasteiger partial charge in [-0.1, -0.05) is 59.3 Å². The normalized spacial score (nSPS) is 35.3. The molecule has 13 unspecified atom stereocenters. The van der Waals surface area contributed by atoms with Crippen LogP contribution >= 0.6 is 0 Å². The first kappa shape index (κ1) is 48.7. The molecule has 56 heavy (non-hydrogen) atoms. The Morgan fingerprint density at radius 3 is 2.18 bits per heavy atom. The maximum Gasteiger partial charge on any atom is 0.308 e. The van der Waals surface area contributed by atoms with Gasteiger partial charge in [-0.25, -0.2) is 0 Å². The topological polar surface area (TPSA) is 132 Å². The zero-order chi connectivity index (χ0) is 41.7. The lowest BCUT2D eigenvalue weighted by Gasteiger charge is -2.40. The summed E-state index contributed by atoms with van der Waals surface area (Å²) in [6.07, 6.45) is 4.89. The minimum atomic E-state index is -1.12. The molecule has 3 heterocycles. The molecule has 0 spiro atoms. The highest BCUT2D eigenvalue weighted by Gasteiger charge is 2.39. The van der Waals surface area contributed by atoms with Gasteiger partial charge in [0.15, 0.2) is 12.1 Å². The van der Waals surface area contributed by atoms with Crippen LogP contribution < -0.4 is 0 Å². The van der Waals surface area contributed by atoms with Crippen molar-refractivity contribution in [1.29, 1.82) is 0 Å². The standard InChI is InChI=1S/C45H81N3O8/c1-12-42-38(27-48-25-31(4)21-32(5)26-48)22-30(3)13-14-39(50)33(6)23-37(17-20-47-18-15-29(2)16-19-47)44(34(7)40(51)24-43(53)55-42)56-45(35(8)49)54-36(9)41(52)28-46(10)11/h13-14,22,29,31-38,40-42,44-45,49,51-52H,12,15-21,23-28H2,1-11H3/b14-13+,30-22+. The van der Waals surface area contributed by atoms with Crippen LogP contribution in [-0.2, 0) is 23.8 Å². The van der Waals surface area contributed by atoms with E-state index in [1.54, 1.807) is 19.9 Å². The maximum atomic E-state index is 13.9. The number of likely N-dealkylation sites (tertiary alicyclic amines) is 2. The molecule has 11 heteroatoms. The van der Waals surface area contributed by atoms with Gasteiger partial charge < -0.3 is 44.2 Å². The first-order chi connectivity index (χ1) is 26.4. The number of ether oxygens (including phenoxy) is 3. The minimum absolute atomic E-state index is 0.0195. The summed E-state index contributed by atoms with van der Waals surface area (Å²) >= 11 is 0. The van der Waals surface area contributed by atoms with E-state index >= 15 is 0 Å². The van der Waals surface area contributed by atoms with Crippen LogP contribution in [-0.4, -0.2) is 145 Å². The molecule has 3 aliphatic heterocycles. The van der Waals surface area contributed by atoms with E-state index in [9.17, 15) is 24.9 Å². The third-order valence-electron chi connectivity index (χ3n) is 12.5. The van der Waals surface area contributed by atoms with Crippen LogP contribution in [0.5, 0.6) is 0 Å². The molecule has 324 valence electrons. The van der Waals surface area contributed by atoms with Gasteiger partial charge >= 0.3 is 5.97 Å². The number of aliphatic hydroxyl groups excluding tert-OH is 3. The van der Waals surface area contributed by atoms with Crippen LogP contribution in [0.4, 0.5) is 0 Å². The third kappa shape index (κ3) is 16.2. The number of nitrogens with zero attached hydrogens (tertiary/aromatic N) is 3. The molecule has 11 nitrogen and oxygen atoms in total. The molecular formula is C45H81N3O8. The van der Waals surface area contributed by atoms with Gasteiger partial charge in [-0.3, -0.25) is 9.59 Å². The fraction of sp³-hybridized carbons (Fsp3) is 0.867. The van der Waals surface area contributed by atoms with Crippen molar-refractivity contribution in [3.8, 4) is 0 Å². The van der Waals surface area contributed by atoms with Crippen LogP contribution in [0, 0.1) is 41.4 Å². The number of hydrogen-bond acceptors (Lipinski definition) is 11. The first-order valence-electron chi connectivity index (χ1n) is 21.9. The average Bonchev–Trinajstić information content (AvgIpc) is 3.11. The number of aliphatic hydroxyl groups is 3. The number of piperidine rings is 2. The minimum Gasteiger partial charge on any atom is -0.462 e. The van der Waals surface area contributed by atoms with Crippen molar-refractivity contribution in [2.24, 2.45) is 41.4 Å². The molecule has 3 aliphatic rings. The number of likely N-dealkylation sites (N-methyl/N-ethyl adjacent to an activating group) is 1. The molecule has 2 saturated heterocycles. The second-order valence-corrected chi connectivity index (χ2v) is 18.6. The van der Waals surface area contributed by atoms with E-state index in [1.165, 1.54) is 6.42 Å². The van der Waals surface area contributed by atoms with E-state index in [1.807, 2.05) is 52.8 Å². The number of carbonyl (C=O) groups is 2. The smallest absolute Gasteiger partial charge is 0.308 e. The number of allylic oxidation sites excluding steroid dienone is 3. The van der Waals surface area contributed by atoms with Gasteiger partial charge in [-0.2, -0.15) is 0 Å². The van der Waals surface area contributed by atoms with E-state index in [0.717, 1.165) is 57.7 Å². The van der Waals surface area contributed by atoms with Crippen molar-refractivity contribution in [3.05, 3.63) is 23.8 Å². The number of ketones is 1. The largest absolute Gasteiger partial charge is 0.462 e. The Morgan fingerprint density at radius 2 is 1.59 bits per heavy atom. The Hall–Kier alpha value is -1.70. The van der Waals surface area contributed by atoms with E-state index < -0.39 is 54.8 Å². The molecule has 3 N–H and O–H groups in total. The molecule has 3 rings (SSSR count). The van der Waals surface area contributed by atoms with Crippen LogP contribution in [0.2, 0.25) is 0 Å². The fourth-order valence-electron chi connectivity index (χ4n) is 9.08. The van der Waals surface area contributed by atoms with Crippen molar-refractivity contribution in [1.82, 2.24) is 14.7 Å². The summed E-state index contributed by atoms with van der Waals surface area (Å²) in [4.78, 5) is 34.5. The van der Waals surface area contributed by atoms with Gasteiger partial charge in [0, 0.05) is 43.9 Å². The summed E-state index contributed by atoms with van der Waals surface area (Å²) < 4.78 is 19.2. The van der Waals surface area contributed by atoms with Gasteiger partial charge in [0.25, 0.3) is 0 Å². The molecule has 0 aliphatic carbocycles. The van der Waals surface area contributed by atoms with Gasteiger partial charge in [0.05, 0.1) is 30.8 Å². The van der Waals surface area contributed by atoms with Gasteiger partial charge in [-0.05, 0) is 123 Å². The van der Waals surface area contributed by atoms with Crippen molar-refractivity contribution in [3.63, 3.8) is 0 Å². The van der Waals surface area contributed by atoms with E-state index in [2.05, 4.69) is 36.6 Å².